The largest absolute Gasteiger partial charge is 0.479 e. The highest BCUT2D eigenvalue weighted by Gasteiger charge is 2.47. The smallest absolute Gasteiger partial charge is 0.459 e. The molecule has 14 nitrogen and oxygen atoms in total. The molecular weight excluding hydrogens is 659 g/mol. The number of carbonyl (C=O) groups is 1. The highest BCUT2D eigenvalue weighted by Crippen LogP contribution is 2.49. The van der Waals surface area contributed by atoms with Gasteiger partial charge in [-0.1, -0.05) is 57.2 Å². The van der Waals surface area contributed by atoms with Crippen LogP contribution in [0.4, 0.5) is 5.95 Å². The number of carbonyl (C=O) groups excluding carboxylic acids is 1. The number of esters is 1. The second kappa shape index (κ2) is 14.6. The molecule has 48 heavy (non-hydrogen) atoms. The van der Waals surface area contributed by atoms with Crippen LogP contribution >= 0.6 is 19.5 Å². The van der Waals surface area contributed by atoms with Gasteiger partial charge in [-0.05, 0) is 42.2 Å². The van der Waals surface area contributed by atoms with Gasteiger partial charge in [0.2, 0.25) is 11.8 Å². The van der Waals surface area contributed by atoms with Crippen LogP contribution in [-0.2, 0) is 23.4 Å². The molecule has 0 aliphatic carbocycles. The number of thioether (sulfide) groups is 1. The maximum Gasteiger partial charge on any atom is 0.459 e. The van der Waals surface area contributed by atoms with Gasteiger partial charge in [0.25, 0.3) is 0 Å². The van der Waals surface area contributed by atoms with Crippen LogP contribution in [0.3, 0.4) is 0 Å². The van der Waals surface area contributed by atoms with E-state index in [0.717, 1.165) is 5.39 Å². The fourth-order valence-electron chi connectivity index (χ4n) is 5.35. The molecular formula is C32H43N6O8PS. The van der Waals surface area contributed by atoms with Crippen molar-refractivity contribution in [1.82, 2.24) is 24.6 Å². The molecule has 5 atom stereocenters. The number of aromatic nitrogens is 4. The molecule has 4 N–H and O–H groups in total. The Morgan fingerprint density at radius 2 is 2.00 bits per heavy atom. The molecule has 2 aromatic carbocycles. The van der Waals surface area contributed by atoms with Gasteiger partial charge >= 0.3 is 13.7 Å². The maximum atomic E-state index is 14.7. The molecule has 2 unspecified atom stereocenters. The molecule has 1 aliphatic rings. The summed E-state index contributed by atoms with van der Waals surface area (Å²) in [7, 11) is -2.84. The molecule has 16 heteroatoms. The van der Waals surface area contributed by atoms with Crippen LogP contribution in [0, 0.1) is 5.41 Å². The average molecular weight is 703 g/mol. The predicted molar refractivity (Wildman–Crippen MR) is 184 cm³/mol. The van der Waals surface area contributed by atoms with Gasteiger partial charge in [0.05, 0.1) is 32.8 Å². The van der Waals surface area contributed by atoms with Gasteiger partial charge in [-0.25, -0.2) is 9.55 Å². The molecule has 1 fully saturated rings. The van der Waals surface area contributed by atoms with Gasteiger partial charge in [0.15, 0.2) is 17.4 Å². The number of fused-ring (bicyclic) bond motifs is 2. The third-order valence-electron chi connectivity index (χ3n) is 7.60. The number of nitrogens with two attached hydrogens (primary N) is 1. The first kappa shape index (κ1) is 35.8. The summed E-state index contributed by atoms with van der Waals surface area (Å²) < 4.78 is 45.6. The quantitative estimate of drug-likeness (QED) is 0.116. The van der Waals surface area contributed by atoms with E-state index in [2.05, 4.69) is 20.0 Å². The summed E-state index contributed by atoms with van der Waals surface area (Å²) in [4.78, 5) is 26.0. The number of anilines is 1. The van der Waals surface area contributed by atoms with Crippen LogP contribution in [0.15, 0.2) is 48.8 Å². The number of nitrogen functional groups attached to an aromatic ring is 1. The maximum absolute atomic E-state index is 14.7. The van der Waals surface area contributed by atoms with E-state index < -0.39 is 37.7 Å². The monoisotopic (exact) mass is 702 g/mol. The molecule has 3 heterocycles. The first-order valence-corrected chi connectivity index (χ1v) is 18.4. The van der Waals surface area contributed by atoms with E-state index in [1.165, 1.54) is 13.4 Å². The lowest BCUT2D eigenvalue weighted by Gasteiger charge is -2.27. The number of hydrogen-bond acceptors (Lipinski definition) is 13. The molecule has 0 radical (unpaired) electrons. The second-order valence-corrected chi connectivity index (χ2v) is 15.8. The molecule has 0 saturated carbocycles. The number of aliphatic hydroxyl groups is 1. The Labute approximate surface area is 283 Å². The second-order valence-electron chi connectivity index (χ2n) is 13.1. The van der Waals surface area contributed by atoms with Gasteiger partial charge in [-0.15, -0.1) is 0 Å². The van der Waals surface area contributed by atoms with Gasteiger partial charge in [-0.2, -0.15) is 26.8 Å². The summed E-state index contributed by atoms with van der Waals surface area (Å²) in [6.07, 6.45) is 2.09. The van der Waals surface area contributed by atoms with Crippen LogP contribution in [0.2, 0.25) is 0 Å². The van der Waals surface area contributed by atoms with Crippen molar-refractivity contribution in [1.29, 1.82) is 0 Å². The molecule has 0 bridgehead atoms. The first-order chi connectivity index (χ1) is 22.7. The zero-order valence-electron chi connectivity index (χ0n) is 27.9. The normalized spacial score (nSPS) is 21.6. The van der Waals surface area contributed by atoms with Crippen LogP contribution in [0.25, 0.3) is 21.9 Å². The number of imidazole rings is 1. The molecule has 260 valence electrons. The number of nitrogens with zero attached hydrogens (tertiary/aromatic N) is 4. The number of nitrogens with one attached hydrogen (secondary N) is 1. The Morgan fingerprint density at radius 1 is 1.25 bits per heavy atom. The van der Waals surface area contributed by atoms with Gasteiger partial charge < -0.3 is 29.6 Å². The van der Waals surface area contributed by atoms with E-state index in [9.17, 15) is 14.5 Å². The predicted octanol–water partition coefficient (Wildman–Crippen LogP) is 5.11. The molecule has 1 saturated heterocycles. The topological polar surface area (TPSA) is 182 Å². The standard InChI is InChI=1S/C32H43N6O8PS/c1-31(2,3)18-43-28(39)23(14-15-48-6)37-47(41,46-24-13-9-11-20-10-7-8-12-22(20)24)44-17-21-16-32(4,40)29(45-21)38-19-34-25-26(38)35-30(33)36-27(25)42-5/h7-13,19,21,23,29,40H,14-18H2,1-6H3,(H,37,41)(H2,33,35,36)/t21-,23-,29?,32+,47?/m0/s1. The SMILES string of the molecule is COc1nc(N)nc2c1ncn2C1O[C@H](COP(=O)(N[C@@H](CCSC)C(=O)OCC(C)(C)C)Oc2cccc3ccccc23)C[C@@]1(C)O. The van der Waals surface area contributed by atoms with Gasteiger partial charge in [0.1, 0.15) is 17.4 Å². The Hall–Kier alpha value is -3.46. The minimum absolute atomic E-state index is 0.0340. The van der Waals surface area contributed by atoms with Crippen LogP contribution < -0.4 is 20.1 Å². The van der Waals surface area contributed by atoms with Crippen molar-refractivity contribution < 1.29 is 37.7 Å². The fraction of sp³-hybridized carbons (Fsp3) is 0.500. The minimum Gasteiger partial charge on any atom is -0.479 e. The summed E-state index contributed by atoms with van der Waals surface area (Å²) in [5.41, 5.74) is 4.86. The number of ether oxygens (including phenoxy) is 3. The lowest BCUT2D eigenvalue weighted by Crippen LogP contribution is -2.39. The van der Waals surface area contributed by atoms with Crippen molar-refractivity contribution in [2.45, 2.75) is 64.5 Å². The Balaban J connectivity index is 1.41. The molecule has 1 aliphatic heterocycles. The van der Waals surface area contributed by atoms with Gasteiger partial charge in [-0.3, -0.25) is 13.9 Å². The van der Waals surface area contributed by atoms with Crippen LogP contribution in [-0.4, -0.2) is 80.7 Å². The zero-order valence-corrected chi connectivity index (χ0v) is 29.6. The third-order valence-corrected chi connectivity index (χ3v) is 9.80. The average Bonchev–Trinajstić information content (AvgIpc) is 3.59. The Bertz CT molecular complexity index is 1790. The summed E-state index contributed by atoms with van der Waals surface area (Å²) in [5.74, 6) is 0.485. The Morgan fingerprint density at radius 3 is 2.73 bits per heavy atom. The molecule has 5 rings (SSSR count). The van der Waals surface area contributed by atoms with E-state index in [-0.39, 0.29) is 36.9 Å². The zero-order chi connectivity index (χ0) is 34.7. The lowest BCUT2D eigenvalue weighted by molar-refractivity contribution is -0.148. The molecule has 0 spiro atoms. The number of rotatable bonds is 14. The first-order valence-electron chi connectivity index (χ1n) is 15.5. The number of hydrogen-bond donors (Lipinski definition) is 3. The van der Waals surface area contributed by atoms with E-state index in [1.54, 1.807) is 35.4 Å². The summed E-state index contributed by atoms with van der Waals surface area (Å²) >= 11 is 1.54. The summed E-state index contributed by atoms with van der Waals surface area (Å²) in [6, 6.07) is 11.9. The Kier molecular flexibility index (Phi) is 10.9. The number of methoxy groups -OCH3 is 1. The van der Waals surface area contributed by atoms with Crippen molar-refractivity contribution in [3.8, 4) is 11.6 Å². The molecule has 0 amide bonds. The summed E-state index contributed by atoms with van der Waals surface area (Å²) in [5, 5.41) is 15.9. The van der Waals surface area contributed by atoms with Crippen molar-refractivity contribution in [2.24, 2.45) is 5.41 Å². The van der Waals surface area contributed by atoms with E-state index in [1.807, 2.05) is 57.4 Å². The van der Waals surface area contributed by atoms with Crippen molar-refractivity contribution in [2.75, 3.05) is 38.1 Å². The van der Waals surface area contributed by atoms with Crippen molar-refractivity contribution in [3.05, 3.63) is 48.8 Å². The van der Waals surface area contributed by atoms with E-state index in [4.69, 9.17) is 29.0 Å². The highest BCUT2D eigenvalue weighted by atomic mass is 32.2. The molecule has 4 aromatic rings. The van der Waals surface area contributed by atoms with E-state index >= 15 is 0 Å². The number of benzene rings is 2. The van der Waals surface area contributed by atoms with E-state index in [0.29, 0.717) is 34.5 Å². The lowest BCUT2D eigenvalue weighted by atomic mass is 9.99. The highest BCUT2D eigenvalue weighted by molar-refractivity contribution is 7.98. The fourth-order valence-corrected chi connectivity index (χ4v) is 7.40. The van der Waals surface area contributed by atoms with Gasteiger partial charge in [0, 0.05) is 11.8 Å². The van der Waals surface area contributed by atoms with Crippen molar-refractivity contribution >= 4 is 53.4 Å². The van der Waals surface area contributed by atoms with Crippen LogP contribution in [0.5, 0.6) is 11.6 Å². The minimum atomic E-state index is -4.29. The third kappa shape index (κ3) is 8.39. The molecule has 2 aromatic heterocycles. The summed E-state index contributed by atoms with van der Waals surface area (Å²) in [6.45, 7) is 7.40. The van der Waals surface area contributed by atoms with Crippen molar-refractivity contribution in [3.63, 3.8) is 0 Å². The van der Waals surface area contributed by atoms with Crippen LogP contribution in [0.1, 0.15) is 46.8 Å².